The van der Waals surface area contributed by atoms with Crippen LogP contribution in [0.5, 0.6) is 0 Å². The molecule has 0 aromatic heterocycles. The molecule has 0 saturated heterocycles. The molecular formula is C28H25N. The maximum Gasteiger partial charge on any atom is 0.0384 e. The second kappa shape index (κ2) is 8.62. The summed E-state index contributed by atoms with van der Waals surface area (Å²) in [5.74, 6) is 0. The second-order valence-corrected chi connectivity index (χ2v) is 7.36. The van der Waals surface area contributed by atoms with Crippen molar-refractivity contribution in [2.24, 2.45) is 0 Å². The summed E-state index contributed by atoms with van der Waals surface area (Å²) in [6, 6.07) is 36.1. The molecule has 0 heterocycles. The fraction of sp³-hybridized carbons (Fsp3) is 0.0714. The van der Waals surface area contributed by atoms with Crippen molar-refractivity contribution in [1.29, 1.82) is 0 Å². The van der Waals surface area contributed by atoms with E-state index in [1.165, 1.54) is 33.4 Å². The molecule has 4 aromatic rings. The Morgan fingerprint density at radius 2 is 1.28 bits per heavy atom. The summed E-state index contributed by atoms with van der Waals surface area (Å²) in [5, 5.41) is 3.44. The van der Waals surface area contributed by atoms with E-state index in [4.69, 9.17) is 0 Å². The van der Waals surface area contributed by atoms with Crippen LogP contribution in [0.25, 0.3) is 11.6 Å². The molecule has 0 saturated carbocycles. The Morgan fingerprint density at radius 1 is 0.655 bits per heavy atom. The van der Waals surface area contributed by atoms with Gasteiger partial charge in [0.05, 0.1) is 0 Å². The quantitative estimate of drug-likeness (QED) is 0.353. The Labute approximate surface area is 173 Å². The van der Waals surface area contributed by atoms with Gasteiger partial charge in [0.15, 0.2) is 0 Å². The Balaban J connectivity index is 1.69. The highest BCUT2D eigenvalue weighted by Gasteiger charge is 2.08. The monoisotopic (exact) mass is 375 g/mol. The van der Waals surface area contributed by atoms with Gasteiger partial charge in [-0.1, -0.05) is 84.4 Å². The molecule has 0 aliphatic carbocycles. The largest absolute Gasteiger partial charge is 0.356 e. The van der Waals surface area contributed by atoms with E-state index < -0.39 is 0 Å². The van der Waals surface area contributed by atoms with Gasteiger partial charge in [-0.15, -0.1) is 0 Å². The standard InChI is InChI=1S/C28H25N/c1-21-13-18-27(22(2)19-21)28(24-9-5-3-6-10-24)20-23-14-16-26(17-15-23)29-25-11-7-4-8-12-25/h3-20,29H,1-2H3. The lowest BCUT2D eigenvalue weighted by Gasteiger charge is -2.13. The smallest absolute Gasteiger partial charge is 0.0384 e. The predicted molar refractivity (Wildman–Crippen MR) is 125 cm³/mol. The van der Waals surface area contributed by atoms with Crippen molar-refractivity contribution in [3.63, 3.8) is 0 Å². The van der Waals surface area contributed by atoms with Gasteiger partial charge in [-0.05, 0) is 72.0 Å². The minimum Gasteiger partial charge on any atom is -0.356 e. The maximum absolute atomic E-state index is 3.44. The number of para-hydroxylation sites is 1. The molecule has 4 aromatic carbocycles. The summed E-state index contributed by atoms with van der Waals surface area (Å²) < 4.78 is 0. The first-order chi connectivity index (χ1) is 14.2. The molecule has 1 N–H and O–H groups in total. The van der Waals surface area contributed by atoms with E-state index in [1.807, 2.05) is 18.2 Å². The van der Waals surface area contributed by atoms with Crippen LogP contribution in [0.4, 0.5) is 11.4 Å². The number of rotatable bonds is 5. The first-order valence-corrected chi connectivity index (χ1v) is 9.96. The normalized spacial score (nSPS) is 11.3. The highest BCUT2D eigenvalue weighted by Crippen LogP contribution is 2.29. The van der Waals surface area contributed by atoms with E-state index >= 15 is 0 Å². The molecule has 0 unspecified atom stereocenters. The van der Waals surface area contributed by atoms with Crippen LogP contribution in [0.2, 0.25) is 0 Å². The third-order valence-electron chi connectivity index (χ3n) is 5.04. The van der Waals surface area contributed by atoms with Gasteiger partial charge >= 0.3 is 0 Å². The Hall–Kier alpha value is -3.58. The van der Waals surface area contributed by atoms with Crippen molar-refractivity contribution in [3.05, 3.63) is 131 Å². The van der Waals surface area contributed by atoms with Crippen molar-refractivity contribution >= 4 is 23.0 Å². The van der Waals surface area contributed by atoms with Crippen LogP contribution in [-0.4, -0.2) is 0 Å². The zero-order valence-electron chi connectivity index (χ0n) is 16.9. The van der Waals surface area contributed by atoms with Crippen LogP contribution in [0.3, 0.4) is 0 Å². The fourth-order valence-electron chi connectivity index (χ4n) is 3.57. The van der Waals surface area contributed by atoms with Crippen molar-refractivity contribution < 1.29 is 0 Å². The molecule has 4 rings (SSSR count). The molecular weight excluding hydrogens is 350 g/mol. The molecule has 0 radical (unpaired) electrons. The van der Waals surface area contributed by atoms with Crippen LogP contribution in [0, 0.1) is 13.8 Å². The molecule has 0 spiro atoms. The van der Waals surface area contributed by atoms with E-state index in [0.29, 0.717) is 0 Å². The van der Waals surface area contributed by atoms with Gasteiger partial charge in [-0.2, -0.15) is 0 Å². The highest BCUT2D eigenvalue weighted by atomic mass is 14.9. The van der Waals surface area contributed by atoms with Crippen LogP contribution in [0.1, 0.15) is 27.8 Å². The Bertz CT molecular complexity index is 1110. The minimum absolute atomic E-state index is 1.08. The lowest BCUT2D eigenvalue weighted by atomic mass is 9.92. The summed E-state index contributed by atoms with van der Waals surface area (Å²) in [6.07, 6.45) is 2.28. The summed E-state index contributed by atoms with van der Waals surface area (Å²) in [6.45, 7) is 4.33. The molecule has 0 atom stereocenters. The second-order valence-electron chi connectivity index (χ2n) is 7.36. The summed E-state index contributed by atoms with van der Waals surface area (Å²) >= 11 is 0. The lowest BCUT2D eigenvalue weighted by Crippen LogP contribution is -1.93. The summed E-state index contributed by atoms with van der Waals surface area (Å²) in [7, 11) is 0. The minimum atomic E-state index is 1.08. The number of nitrogens with one attached hydrogen (secondary N) is 1. The maximum atomic E-state index is 3.44. The molecule has 0 fully saturated rings. The van der Waals surface area contributed by atoms with Crippen molar-refractivity contribution in [3.8, 4) is 0 Å². The molecule has 0 bridgehead atoms. The van der Waals surface area contributed by atoms with E-state index in [1.54, 1.807) is 0 Å². The highest BCUT2D eigenvalue weighted by molar-refractivity contribution is 5.92. The van der Waals surface area contributed by atoms with E-state index in [0.717, 1.165) is 11.4 Å². The van der Waals surface area contributed by atoms with Gasteiger partial charge in [-0.25, -0.2) is 0 Å². The average Bonchev–Trinajstić information content (AvgIpc) is 2.75. The van der Waals surface area contributed by atoms with Gasteiger partial charge in [0.1, 0.15) is 0 Å². The summed E-state index contributed by atoms with van der Waals surface area (Å²) in [5.41, 5.74) is 9.68. The van der Waals surface area contributed by atoms with E-state index in [9.17, 15) is 0 Å². The first kappa shape index (κ1) is 18.8. The van der Waals surface area contributed by atoms with Gasteiger partial charge in [0.2, 0.25) is 0 Å². The van der Waals surface area contributed by atoms with Crippen molar-refractivity contribution in [1.82, 2.24) is 0 Å². The number of aryl methyl sites for hydroxylation is 2. The molecule has 1 heteroatoms. The molecule has 1 nitrogen and oxygen atoms in total. The zero-order valence-corrected chi connectivity index (χ0v) is 16.9. The van der Waals surface area contributed by atoms with Crippen LogP contribution in [-0.2, 0) is 0 Å². The van der Waals surface area contributed by atoms with Crippen LogP contribution < -0.4 is 5.32 Å². The van der Waals surface area contributed by atoms with E-state index in [2.05, 4.69) is 110 Å². The Morgan fingerprint density at radius 3 is 1.93 bits per heavy atom. The third kappa shape index (κ3) is 4.64. The first-order valence-electron chi connectivity index (χ1n) is 9.96. The van der Waals surface area contributed by atoms with Gasteiger partial charge in [-0.3, -0.25) is 0 Å². The third-order valence-corrected chi connectivity index (χ3v) is 5.04. The summed E-state index contributed by atoms with van der Waals surface area (Å²) in [4.78, 5) is 0. The lowest BCUT2D eigenvalue weighted by molar-refractivity contribution is 1.35. The van der Waals surface area contributed by atoms with Gasteiger partial charge in [0, 0.05) is 11.4 Å². The molecule has 142 valence electrons. The van der Waals surface area contributed by atoms with Crippen molar-refractivity contribution in [2.75, 3.05) is 5.32 Å². The fourth-order valence-corrected chi connectivity index (χ4v) is 3.57. The van der Waals surface area contributed by atoms with Crippen molar-refractivity contribution in [2.45, 2.75) is 13.8 Å². The number of anilines is 2. The van der Waals surface area contributed by atoms with Gasteiger partial charge in [0.25, 0.3) is 0 Å². The predicted octanol–water partition coefficient (Wildman–Crippen LogP) is 7.64. The molecule has 0 aliphatic rings. The molecule has 29 heavy (non-hydrogen) atoms. The SMILES string of the molecule is Cc1ccc(C(=Cc2ccc(Nc3ccccc3)cc2)c2ccccc2)c(C)c1. The van der Waals surface area contributed by atoms with Gasteiger partial charge < -0.3 is 5.32 Å². The molecule has 0 aliphatic heterocycles. The topological polar surface area (TPSA) is 12.0 Å². The average molecular weight is 376 g/mol. The zero-order chi connectivity index (χ0) is 20.1. The van der Waals surface area contributed by atoms with Crippen LogP contribution >= 0.6 is 0 Å². The Kier molecular flexibility index (Phi) is 5.58. The molecule has 0 amide bonds. The number of benzene rings is 4. The number of hydrogen-bond donors (Lipinski definition) is 1. The number of hydrogen-bond acceptors (Lipinski definition) is 1. The van der Waals surface area contributed by atoms with Crippen LogP contribution in [0.15, 0.2) is 103 Å². The van der Waals surface area contributed by atoms with E-state index in [-0.39, 0.29) is 0 Å².